The van der Waals surface area contributed by atoms with Crippen LogP contribution < -0.4 is 14.8 Å². The summed E-state index contributed by atoms with van der Waals surface area (Å²) in [6.45, 7) is 4.02. The molecule has 0 amide bonds. The van der Waals surface area contributed by atoms with Gasteiger partial charge in [0.25, 0.3) is 0 Å². The van der Waals surface area contributed by atoms with Gasteiger partial charge in [0, 0.05) is 6.54 Å². The number of methoxy groups -OCH3 is 2. The standard InChI is InChI=1S/C18H23NO2/c1-4-11-19-13-15-12-17(21-3)9-10-18(15)14-5-7-16(20-2)8-6-14/h5-10,12,19H,4,11,13H2,1-3H3. The van der Waals surface area contributed by atoms with Crippen molar-refractivity contribution >= 4 is 0 Å². The summed E-state index contributed by atoms with van der Waals surface area (Å²) >= 11 is 0. The highest BCUT2D eigenvalue weighted by atomic mass is 16.5. The molecule has 0 aromatic heterocycles. The maximum atomic E-state index is 5.34. The predicted octanol–water partition coefficient (Wildman–Crippen LogP) is 3.87. The van der Waals surface area contributed by atoms with Crippen LogP contribution in [-0.2, 0) is 6.54 Å². The lowest BCUT2D eigenvalue weighted by atomic mass is 9.99. The Morgan fingerprint density at radius 1 is 0.905 bits per heavy atom. The lowest BCUT2D eigenvalue weighted by molar-refractivity contribution is 0.414. The van der Waals surface area contributed by atoms with Crippen molar-refractivity contribution < 1.29 is 9.47 Å². The van der Waals surface area contributed by atoms with Crippen LogP contribution in [0.15, 0.2) is 42.5 Å². The van der Waals surface area contributed by atoms with Crippen LogP contribution in [0.2, 0.25) is 0 Å². The Labute approximate surface area is 126 Å². The molecular weight excluding hydrogens is 262 g/mol. The Morgan fingerprint density at radius 3 is 2.19 bits per heavy atom. The summed E-state index contributed by atoms with van der Waals surface area (Å²) < 4.78 is 10.6. The van der Waals surface area contributed by atoms with Gasteiger partial charge in [0.15, 0.2) is 0 Å². The molecule has 0 saturated heterocycles. The minimum absolute atomic E-state index is 0.840. The summed E-state index contributed by atoms with van der Waals surface area (Å²) in [6.07, 6.45) is 1.13. The molecule has 0 spiro atoms. The van der Waals surface area contributed by atoms with Gasteiger partial charge in [0.05, 0.1) is 14.2 Å². The highest BCUT2D eigenvalue weighted by Gasteiger charge is 2.07. The molecule has 0 radical (unpaired) electrons. The van der Waals surface area contributed by atoms with Gasteiger partial charge in [-0.05, 0) is 53.9 Å². The molecule has 0 atom stereocenters. The number of hydrogen-bond donors (Lipinski definition) is 1. The second-order valence-electron chi connectivity index (χ2n) is 4.93. The molecule has 0 fully saturated rings. The monoisotopic (exact) mass is 285 g/mol. The first-order chi connectivity index (χ1) is 10.3. The van der Waals surface area contributed by atoms with Gasteiger partial charge >= 0.3 is 0 Å². The van der Waals surface area contributed by atoms with Crippen molar-refractivity contribution in [1.29, 1.82) is 0 Å². The number of benzene rings is 2. The maximum absolute atomic E-state index is 5.34. The van der Waals surface area contributed by atoms with Gasteiger partial charge in [0.2, 0.25) is 0 Å². The van der Waals surface area contributed by atoms with Crippen LogP contribution in [0.5, 0.6) is 11.5 Å². The molecule has 2 aromatic rings. The first kappa shape index (κ1) is 15.4. The zero-order chi connectivity index (χ0) is 15.1. The first-order valence-electron chi connectivity index (χ1n) is 7.30. The predicted molar refractivity (Wildman–Crippen MR) is 87.0 cm³/mol. The van der Waals surface area contributed by atoms with E-state index in [1.165, 1.54) is 16.7 Å². The van der Waals surface area contributed by atoms with E-state index in [9.17, 15) is 0 Å². The molecule has 0 heterocycles. The van der Waals surface area contributed by atoms with Crippen LogP contribution in [0.1, 0.15) is 18.9 Å². The van der Waals surface area contributed by atoms with Crippen molar-refractivity contribution in [3.05, 3.63) is 48.0 Å². The number of ether oxygens (including phenoxy) is 2. The molecule has 0 bridgehead atoms. The molecule has 2 aromatic carbocycles. The van der Waals surface area contributed by atoms with Gasteiger partial charge < -0.3 is 14.8 Å². The fraction of sp³-hybridized carbons (Fsp3) is 0.333. The molecular formula is C18H23NO2. The zero-order valence-corrected chi connectivity index (χ0v) is 13.0. The molecule has 0 aliphatic heterocycles. The van der Waals surface area contributed by atoms with E-state index in [-0.39, 0.29) is 0 Å². The van der Waals surface area contributed by atoms with Gasteiger partial charge in [-0.25, -0.2) is 0 Å². The summed E-state index contributed by atoms with van der Waals surface area (Å²) in [5.74, 6) is 1.76. The van der Waals surface area contributed by atoms with Crippen LogP contribution in [0.4, 0.5) is 0 Å². The minimum atomic E-state index is 0.840. The average molecular weight is 285 g/mol. The topological polar surface area (TPSA) is 30.5 Å². The second-order valence-corrected chi connectivity index (χ2v) is 4.93. The van der Waals surface area contributed by atoms with Gasteiger partial charge in [0.1, 0.15) is 11.5 Å². The van der Waals surface area contributed by atoms with Crippen LogP contribution in [0.3, 0.4) is 0 Å². The minimum Gasteiger partial charge on any atom is -0.497 e. The quantitative estimate of drug-likeness (QED) is 0.783. The van der Waals surface area contributed by atoms with Crippen LogP contribution in [-0.4, -0.2) is 20.8 Å². The highest BCUT2D eigenvalue weighted by molar-refractivity contribution is 5.69. The fourth-order valence-corrected chi connectivity index (χ4v) is 2.30. The SMILES string of the molecule is CCCNCc1cc(OC)ccc1-c1ccc(OC)cc1. The number of nitrogens with one attached hydrogen (secondary N) is 1. The van der Waals surface area contributed by atoms with Crippen LogP contribution >= 0.6 is 0 Å². The van der Waals surface area contributed by atoms with E-state index in [0.717, 1.165) is 31.0 Å². The van der Waals surface area contributed by atoms with Crippen molar-refractivity contribution in [2.24, 2.45) is 0 Å². The second kappa shape index (κ2) is 7.70. The van der Waals surface area contributed by atoms with E-state index in [0.29, 0.717) is 0 Å². The third kappa shape index (κ3) is 3.99. The van der Waals surface area contributed by atoms with Crippen molar-refractivity contribution in [2.45, 2.75) is 19.9 Å². The highest BCUT2D eigenvalue weighted by Crippen LogP contribution is 2.28. The van der Waals surface area contributed by atoms with Crippen molar-refractivity contribution in [1.82, 2.24) is 5.32 Å². The average Bonchev–Trinajstić information content (AvgIpc) is 2.55. The van der Waals surface area contributed by atoms with Crippen LogP contribution in [0, 0.1) is 0 Å². The Bertz CT molecular complexity index is 564. The zero-order valence-electron chi connectivity index (χ0n) is 13.0. The molecule has 2 rings (SSSR count). The molecule has 3 heteroatoms. The Hall–Kier alpha value is -2.00. The molecule has 0 aliphatic rings. The van der Waals surface area contributed by atoms with Crippen molar-refractivity contribution in [2.75, 3.05) is 20.8 Å². The Balaban J connectivity index is 2.31. The number of rotatable bonds is 7. The Kier molecular flexibility index (Phi) is 5.64. The van der Waals surface area contributed by atoms with E-state index < -0.39 is 0 Å². The van der Waals surface area contributed by atoms with Gasteiger partial charge in [-0.15, -0.1) is 0 Å². The number of hydrogen-bond acceptors (Lipinski definition) is 3. The first-order valence-corrected chi connectivity index (χ1v) is 7.30. The summed E-state index contributed by atoms with van der Waals surface area (Å²) in [5.41, 5.74) is 3.65. The fourth-order valence-electron chi connectivity index (χ4n) is 2.30. The molecule has 1 N–H and O–H groups in total. The summed E-state index contributed by atoms with van der Waals surface area (Å²) in [6, 6.07) is 14.4. The van der Waals surface area contributed by atoms with Gasteiger partial charge in [-0.2, -0.15) is 0 Å². The molecule has 0 saturated carbocycles. The lowest BCUT2D eigenvalue weighted by Crippen LogP contribution is -2.14. The molecule has 0 aliphatic carbocycles. The molecule has 21 heavy (non-hydrogen) atoms. The smallest absolute Gasteiger partial charge is 0.119 e. The largest absolute Gasteiger partial charge is 0.497 e. The van der Waals surface area contributed by atoms with E-state index in [1.54, 1.807) is 14.2 Å². The lowest BCUT2D eigenvalue weighted by Gasteiger charge is -2.13. The normalized spacial score (nSPS) is 10.4. The summed E-state index contributed by atoms with van der Waals surface area (Å²) in [4.78, 5) is 0. The molecule has 3 nitrogen and oxygen atoms in total. The Morgan fingerprint density at radius 2 is 1.57 bits per heavy atom. The third-order valence-corrected chi connectivity index (χ3v) is 3.46. The molecule has 112 valence electrons. The van der Waals surface area contributed by atoms with E-state index in [1.807, 2.05) is 18.2 Å². The van der Waals surface area contributed by atoms with Gasteiger partial charge in [-0.3, -0.25) is 0 Å². The van der Waals surface area contributed by atoms with E-state index in [2.05, 4.69) is 36.5 Å². The van der Waals surface area contributed by atoms with Crippen molar-refractivity contribution in [3.63, 3.8) is 0 Å². The van der Waals surface area contributed by atoms with Gasteiger partial charge in [-0.1, -0.05) is 25.1 Å². The summed E-state index contributed by atoms with van der Waals surface area (Å²) in [5, 5.41) is 3.46. The molecule has 0 unspecified atom stereocenters. The summed E-state index contributed by atoms with van der Waals surface area (Å²) in [7, 11) is 3.38. The third-order valence-electron chi connectivity index (χ3n) is 3.46. The van der Waals surface area contributed by atoms with Crippen molar-refractivity contribution in [3.8, 4) is 22.6 Å². The van der Waals surface area contributed by atoms with E-state index >= 15 is 0 Å². The van der Waals surface area contributed by atoms with Crippen LogP contribution in [0.25, 0.3) is 11.1 Å². The maximum Gasteiger partial charge on any atom is 0.119 e. The van der Waals surface area contributed by atoms with E-state index in [4.69, 9.17) is 9.47 Å².